The fourth-order valence-electron chi connectivity index (χ4n) is 0.659. The van der Waals surface area contributed by atoms with Gasteiger partial charge in [-0.15, -0.1) is 0 Å². The number of nitrogens with zero attached hydrogens (tertiary/aromatic N) is 1. The molecule has 2 nitrogen and oxygen atoms in total. The molecule has 0 amide bonds. The summed E-state index contributed by atoms with van der Waals surface area (Å²) in [6.45, 7) is 4.00. The molecule has 0 saturated heterocycles. The average molecular weight is 152 g/mol. The number of hydrogen-bond acceptors (Lipinski definition) is 1. The van der Waals surface area contributed by atoms with Crippen molar-refractivity contribution in [2.75, 3.05) is 0 Å². The molecule has 1 heterocycles. The SMILES string of the molecule is CC.C[n+]1ccccc1C=O. The third-order valence-corrected chi connectivity index (χ3v) is 1.22. The number of aldehydes is 1. The molecule has 0 aliphatic carbocycles. The quantitative estimate of drug-likeness (QED) is 0.439. The zero-order valence-corrected chi connectivity index (χ0v) is 7.24. The number of carbonyl (C=O) groups excluding carboxylic acids is 1. The van der Waals surface area contributed by atoms with Crippen molar-refractivity contribution >= 4 is 6.29 Å². The predicted octanol–water partition coefficient (Wildman–Crippen LogP) is 1.35. The molecule has 0 aliphatic rings. The van der Waals surface area contributed by atoms with Crippen molar-refractivity contribution in [3.8, 4) is 0 Å². The molecule has 1 rings (SSSR count). The Kier molecular flexibility index (Phi) is 4.99. The van der Waals surface area contributed by atoms with E-state index in [1.165, 1.54) is 0 Å². The Morgan fingerprint density at radius 3 is 2.36 bits per heavy atom. The summed E-state index contributed by atoms with van der Waals surface area (Å²) in [7, 11) is 1.84. The summed E-state index contributed by atoms with van der Waals surface area (Å²) in [6, 6.07) is 5.49. The highest BCUT2D eigenvalue weighted by atomic mass is 16.1. The van der Waals surface area contributed by atoms with Crippen LogP contribution in [0.4, 0.5) is 0 Å². The molecule has 60 valence electrons. The average Bonchev–Trinajstić information content (AvgIpc) is 2.09. The summed E-state index contributed by atoms with van der Waals surface area (Å²) in [6.07, 6.45) is 2.67. The second-order valence-electron chi connectivity index (χ2n) is 1.85. The largest absolute Gasteiger partial charge is 0.291 e. The van der Waals surface area contributed by atoms with E-state index >= 15 is 0 Å². The minimum Gasteiger partial charge on any atom is -0.291 e. The van der Waals surface area contributed by atoms with Crippen LogP contribution in [0.2, 0.25) is 0 Å². The number of rotatable bonds is 1. The number of carbonyl (C=O) groups is 1. The molecule has 0 atom stereocenters. The Hall–Kier alpha value is -1.18. The van der Waals surface area contributed by atoms with E-state index in [1.807, 2.05) is 39.2 Å². The fraction of sp³-hybridized carbons (Fsp3) is 0.333. The normalized spacial score (nSPS) is 7.91. The highest BCUT2D eigenvalue weighted by Crippen LogP contribution is 1.82. The lowest BCUT2D eigenvalue weighted by molar-refractivity contribution is -0.672. The summed E-state index contributed by atoms with van der Waals surface area (Å²) < 4.78 is 1.77. The molecule has 0 fully saturated rings. The first-order valence-corrected chi connectivity index (χ1v) is 3.74. The summed E-state index contributed by atoms with van der Waals surface area (Å²) in [5.41, 5.74) is 0.692. The summed E-state index contributed by atoms with van der Waals surface area (Å²) in [4.78, 5) is 10.2. The van der Waals surface area contributed by atoms with E-state index in [2.05, 4.69) is 0 Å². The van der Waals surface area contributed by atoms with Crippen molar-refractivity contribution in [3.63, 3.8) is 0 Å². The second-order valence-corrected chi connectivity index (χ2v) is 1.85. The van der Waals surface area contributed by atoms with Gasteiger partial charge < -0.3 is 0 Å². The van der Waals surface area contributed by atoms with E-state index in [0.29, 0.717) is 5.69 Å². The van der Waals surface area contributed by atoms with Crippen molar-refractivity contribution in [2.45, 2.75) is 13.8 Å². The van der Waals surface area contributed by atoms with E-state index < -0.39 is 0 Å². The zero-order chi connectivity index (χ0) is 8.69. The fourth-order valence-corrected chi connectivity index (χ4v) is 0.659. The Morgan fingerprint density at radius 1 is 1.36 bits per heavy atom. The first-order chi connectivity index (χ1) is 5.34. The molecule has 1 aromatic rings. The van der Waals surface area contributed by atoms with Gasteiger partial charge in [0.05, 0.1) is 0 Å². The van der Waals surface area contributed by atoms with Gasteiger partial charge in [-0.1, -0.05) is 13.8 Å². The highest BCUT2D eigenvalue weighted by molar-refractivity contribution is 5.69. The molecule has 0 radical (unpaired) electrons. The molecular formula is C9H14NO+. The maximum Gasteiger partial charge on any atom is 0.245 e. The third-order valence-electron chi connectivity index (χ3n) is 1.22. The van der Waals surface area contributed by atoms with Crippen molar-refractivity contribution < 1.29 is 9.36 Å². The summed E-state index contributed by atoms with van der Waals surface area (Å²) in [5.74, 6) is 0. The van der Waals surface area contributed by atoms with Crippen LogP contribution in [0.5, 0.6) is 0 Å². The van der Waals surface area contributed by atoms with Gasteiger partial charge in [0.1, 0.15) is 7.05 Å². The number of pyridine rings is 1. The Labute approximate surface area is 67.5 Å². The van der Waals surface area contributed by atoms with Gasteiger partial charge in [-0.25, -0.2) is 0 Å². The van der Waals surface area contributed by atoms with E-state index in [0.717, 1.165) is 6.29 Å². The van der Waals surface area contributed by atoms with Gasteiger partial charge in [0.25, 0.3) is 0 Å². The smallest absolute Gasteiger partial charge is 0.245 e. The molecule has 0 spiro atoms. The molecule has 0 aliphatic heterocycles. The standard InChI is InChI=1S/C7H8NO.C2H6/c1-8-5-3-2-4-7(8)6-9;1-2/h2-6H,1H3;1-2H3/q+1;. The van der Waals surface area contributed by atoms with Crippen LogP contribution in [-0.2, 0) is 7.05 Å². The van der Waals surface area contributed by atoms with E-state index in [1.54, 1.807) is 10.6 Å². The Bertz CT molecular complexity index is 221. The lowest BCUT2D eigenvalue weighted by atomic mass is 10.4. The maximum atomic E-state index is 10.2. The molecular weight excluding hydrogens is 138 g/mol. The molecule has 0 bridgehead atoms. The molecule has 11 heavy (non-hydrogen) atoms. The van der Waals surface area contributed by atoms with Crippen LogP contribution in [-0.4, -0.2) is 6.29 Å². The first-order valence-electron chi connectivity index (χ1n) is 3.74. The van der Waals surface area contributed by atoms with Crippen molar-refractivity contribution in [3.05, 3.63) is 30.1 Å². The minimum atomic E-state index is 0.692. The van der Waals surface area contributed by atoms with Crippen molar-refractivity contribution in [1.29, 1.82) is 0 Å². The third kappa shape index (κ3) is 2.94. The van der Waals surface area contributed by atoms with Crippen molar-refractivity contribution in [2.24, 2.45) is 7.05 Å². The number of aromatic nitrogens is 1. The van der Waals surface area contributed by atoms with Crippen LogP contribution in [0.15, 0.2) is 24.4 Å². The van der Waals surface area contributed by atoms with E-state index in [-0.39, 0.29) is 0 Å². The number of aryl methyl sites for hydroxylation is 1. The highest BCUT2D eigenvalue weighted by Gasteiger charge is 1.98. The van der Waals surface area contributed by atoms with Gasteiger partial charge in [-0.05, 0) is 6.07 Å². The molecule has 0 unspecified atom stereocenters. The van der Waals surface area contributed by atoms with Crippen LogP contribution in [0.25, 0.3) is 0 Å². The van der Waals surface area contributed by atoms with Crippen LogP contribution >= 0.6 is 0 Å². The van der Waals surface area contributed by atoms with Crippen LogP contribution in [0, 0.1) is 0 Å². The Balaban J connectivity index is 0.000000461. The topological polar surface area (TPSA) is 20.9 Å². The van der Waals surface area contributed by atoms with E-state index in [4.69, 9.17) is 0 Å². The maximum absolute atomic E-state index is 10.2. The lowest BCUT2D eigenvalue weighted by Gasteiger charge is -1.86. The number of hydrogen-bond donors (Lipinski definition) is 0. The van der Waals surface area contributed by atoms with Gasteiger partial charge in [-0.2, -0.15) is 4.57 Å². The van der Waals surface area contributed by atoms with Crippen molar-refractivity contribution in [1.82, 2.24) is 0 Å². The van der Waals surface area contributed by atoms with Gasteiger partial charge in [0, 0.05) is 12.1 Å². The molecule has 0 saturated carbocycles. The minimum absolute atomic E-state index is 0.692. The van der Waals surface area contributed by atoms with Crippen LogP contribution in [0.1, 0.15) is 24.3 Å². The lowest BCUT2D eigenvalue weighted by Crippen LogP contribution is -2.32. The van der Waals surface area contributed by atoms with Gasteiger partial charge >= 0.3 is 0 Å². The van der Waals surface area contributed by atoms with Crippen LogP contribution < -0.4 is 4.57 Å². The molecule has 0 N–H and O–H groups in total. The summed E-state index contributed by atoms with van der Waals surface area (Å²) >= 11 is 0. The van der Waals surface area contributed by atoms with Gasteiger partial charge in [-0.3, -0.25) is 4.79 Å². The first kappa shape index (κ1) is 9.82. The van der Waals surface area contributed by atoms with Gasteiger partial charge in [0.2, 0.25) is 12.0 Å². The Morgan fingerprint density at radius 2 is 2.00 bits per heavy atom. The molecule has 1 aromatic heterocycles. The van der Waals surface area contributed by atoms with E-state index in [9.17, 15) is 4.79 Å². The molecule has 0 aromatic carbocycles. The summed E-state index contributed by atoms with van der Waals surface area (Å²) in [5, 5.41) is 0. The molecule has 2 heteroatoms. The second kappa shape index (κ2) is 5.59. The van der Waals surface area contributed by atoms with Crippen LogP contribution in [0.3, 0.4) is 0 Å². The zero-order valence-electron chi connectivity index (χ0n) is 7.24. The van der Waals surface area contributed by atoms with Gasteiger partial charge in [0.15, 0.2) is 6.20 Å². The predicted molar refractivity (Wildman–Crippen MR) is 44.4 cm³/mol. The monoisotopic (exact) mass is 152 g/mol.